The van der Waals surface area contributed by atoms with Crippen LogP contribution >= 0.6 is 0 Å². The van der Waals surface area contributed by atoms with Crippen molar-refractivity contribution in [2.24, 2.45) is 11.3 Å². The van der Waals surface area contributed by atoms with Crippen molar-refractivity contribution in [1.29, 1.82) is 5.26 Å². The van der Waals surface area contributed by atoms with Crippen LogP contribution in [0.5, 0.6) is 0 Å². The van der Waals surface area contributed by atoms with E-state index in [9.17, 15) is 10.1 Å². The van der Waals surface area contributed by atoms with Gasteiger partial charge in [0.1, 0.15) is 5.41 Å². The third kappa shape index (κ3) is 3.97. The molecular formula is C17H29N3O. The smallest absolute Gasteiger partial charge is 0.243 e. The number of nitrogens with zero attached hydrogens (tertiary/aromatic N) is 3. The lowest BCUT2D eigenvalue weighted by Crippen LogP contribution is -2.47. The summed E-state index contributed by atoms with van der Waals surface area (Å²) in [5.74, 6) is 0.812. The first-order valence-electron chi connectivity index (χ1n) is 8.43. The maximum absolute atomic E-state index is 12.9. The second-order valence-corrected chi connectivity index (χ2v) is 7.11. The van der Waals surface area contributed by atoms with E-state index < -0.39 is 5.41 Å². The van der Waals surface area contributed by atoms with Gasteiger partial charge in [-0.05, 0) is 45.7 Å². The van der Waals surface area contributed by atoms with Crippen LogP contribution in [0.3, 0.4) is 0 Å². The van der Waals surface area contributed by atoms with E-state index in [0.717, 1.165) is 58.2 Å². The highest BCUT2D eigenvalue weighted by Gasteiger charge is 2.42. The van der Waals surface area contributed by atoms with Crippen LogP contribution < -0.4 is 0 Å². The number of likely N-dealkylation sites (tertiary alicyclic amines) is 1. The summed E-state index contributed by atoms with van der Waals surface area (Å²) in [6, 6.07) is 2.40. The average Bonchev–Trinajstić information content (AvgIpc) is 2.73. The predicted molar refractivity (Wildman–Crippen MR) is 83.6 cm³/mol. The van der Waals surface area contributed by atoms with Crippen LogP contribution in [0.2, 0.25) is 0 Å². The van der Waals surface area contributed by atoms with E-state index in [4.69, 9.17) is 0 Å². The van der Waals surface area contributed by atoms with Crippen LogP contribution in [-0.2, 0) is 4.79 Å². The Balaban J connectivity index is 1.95. The van der Waals surface area contributed by atoms with E-state index in [-0.39, 0.29) is 5.91 Å². The van der Waals surface area contributed by atoms with Crippen LogP contribution in [0.4, 0.5) is 0 Å². The second kappa shape index (κ2) is 7.26. The number of nitriles is 1. The van der Waals surface area contributed by atoms with Gasteiger partial charge in [0, 0.05) is 19.6 Å². The number of piperidine rings is 1. The molecular weight excluding hydrogens is 262 g/mol. The standard InChI is InChI=1S/C17H29N3O/c1-19(2)13-15-7-11-20(12-8-15)16(21)17(14-18)9-5-3-4-6-10-17/h15H,3-13H2,1-2H3. The number of carbonyl (C=O) groups excluding carboxylic acids is 1. The molecule has 0 aromatic heterocycles. The Kier molecular flexibility index (Phi) is 5.64. The Morgan fingerprint density at radius 2 is 1.76 bits per heavy atom. The molecule has 1 saturated carbocycles. The minimum atomic E-state index is -0.717. The number of rotatable bonds is 3. The van der Waals surface area contributed by atoms with Crippen molar-refractivity contribution in [2.75, 3.05) is 33.7 Å². The Labute approximate surface area is 129 Å². The molecule has 1 saturated heterocycles. The first-order chi connectivity index (χ1) is 10.1. The summed E-state index contributed by atoms with van der Waals surface area (Å²) in [6.45, 7) is 2.77. The summed E-state index contributed by atoms with van der Waals surface area (Å²) < 4.78 is 0. The van der Waals surface area contributed by atoms with Crippen molar-refractivity contribution < 1.29 is 4.79 Å². The largest absolute Gasteiger partial charge is 0.341 e. The summed E-state index contributed by atoms with van der Waals surface area (Å²) in [6.07, 6.45) is 8.06. The monoisotopic (exact) mass is 291 g/mol. The minimum absolute atomic E-state index is 0.121. The summed E-state index contributed by atoms with van der Waals surface area (Å²) in [7, 11) is 4.21. The fraction of sp³-hybridized carbons (Fsp3) is 0.882. The van der Waals surface area contributed by atoms with E-state index in [0.29, 0.717) is 5.92 Å². The fourth-order valence-electron chi connectivity index (χ4n) is 3.84. The quantitative estimate of drug-likeness (QED) is 0.751. The molecule has 21 heavy (non-hydrogen) atoms. The van der Waals surface area contributed by atoms with Crippen molar-refractivity contribution in [3.05, 3.63) is 0 Å². The summed E-state index contributed by atoms with van der Waals surface area (Å²) in [5, 5.41) is 9.63. The fourth-order valence-corrected chi connectivity index (χ4v) is 3.84. The number of amides is 1. The zero-order valence-electron chi connectivity index (χ0n) is 13.6. The molecule has 1 aliphatic heterocycles. The maximum atomic E-state index is 12.9. The Morgan fingerprint density at radius 1 is 1.19 bits per heavy atom. The molecule has 0 atom stereocenters. The van der Waals surface area contributed by atoms with Crippen molar-refractivity contribution in [1.82, 2.24) is 9.80 Å². The molecule has 1 amide bonds. The van der Waals surface area contributed by atoms with E-state index in [1.165, 1.54) is 12.8 Å². The van der Waals surface area contributed by atoms with Crippen molar-refractivity contribution >= 4 is 5.91 Å². The number of hydrogen-bond donors (Lipinski definition) is 0. The third-order valence-electron chi connectivity index (χ3n) is 5.11. The molecule has 0 aromatic carbocycles. The number of carbonyl (C=O) groups is 1. The molecule has 4 nitrogen and oxygen atoms in total. The molecule has 0 unspecified atom stereocenters. The van der Waals surface area contributed by atoms with Crippen molar-refractivity contribution in [2.45, 2.75) is 51.4 Å². The van der Waals surface area contributed by atoms with Crippen LogP contribution in [-0.4, -0.2) is 49.4 Å². The lowest BCUT2D eigenvalue weighted by molar-refractivity contribution is -0.141. The molecule has 1 aliphatic carbocycles. The third-order valence-corrected chi connectivity index (χ3v) is 5.11. The van der Waals surface area contributed by atoms with Gasteiger partial charge in [0.05, 0.1) is 6.07 Å². The topological polar surface area (TPSA) is 47.3 Å². The molecule has 0 spiro atoms. The van der Waals surface area contributed by atoms with Gasteiger partial charge in [0.25, 0.3) is 0 Å². The Hall–Kier alpha value is -1.08. The molecule has 1 heterocycles. The highest BCUT2D eigenvalue weighted by molar-refractivity contribution is 5.85. The zero-order chi connectivity index (χ0) is 15.3. The lowest BCUT2D eigenvalue weighted by atomic mass is 9.79. The molecule has 2 aliphatic rings. The molecule has 0 bridgehead atoms. The van der Waals surface area contributed by atoms with Gasteiger partial charge in [-0.15, -0.1) is 0 Å². The molecule has 0 radical (unpaired) electrons. The minimum Gasteiger partial charge on any atom is -0.341 e. The zero-order valence-corrected chi connectivity index (χ0v) is 13.6. The molecule has 2 rings (SSSR count). The molecule has 0 aromatic rings. The van der Waals surface area contributed by atoms with Gasteiger partial charge in [-0.1, -0.05) is 25.7 Å². The SMILES string of the molecule is CN(C)CC1CCN(C(=O)C2(C#N)CCCCCC2)CC1. The Bertz CT molecular complexity index is 383. The molecule has 0 N–H and O–H groups in total. The van der Waals surface area contributed by atoms with Gasteiger partial charge >= 0.3 is 0 Å². The van der Waals surface area contributed by atoms with Gasteiger partial charge in [-0.25, -0.2) is 0 Å². The van der Waals surface area contributed by atoms with E-state index in [1.807, 2.05) is 4.90 Å². The van der Waals surface area contributed by atoms with Gasteiger partial charge in [-0.3, -0.25) is 4.79 Å². The first-order valence-corrected chi connectivity index (χ1v) is 8.43. The second-order valence-electron chi connectivity index (χ2n) is 7.11. The van der Waals surface area contributed by atoms with Crippen LogP contribution in [0.15, 0.2) is 0 Å². The van der Waals surface area contributed by atoms with E-state index >= 15 is 0 Å². The summed E-state index contributed by atoms with van der Waals surface area (Å²) >= 11 is 0. The number of hydrogen-bond acceptors (Lipinski definition) is 3. The normalized spacial score (nSPS) is 23.6. The van der Waals surface area contributed by atoms with E-state index in [1.54, 1.807) is 0 Å². The first kappa shape index (κ1) is 16.3. The lowest BCUT2D eigenvalue weighted by Gasteiger charge is -2.37. The molecule has 4 heteroatoms. The highest BCUT2D eigenvalue weighted by atomic mass is 16.2. The summed E-state index contributed by atoms with van der Waals surface area (Å²) in [5.41, 5.74) is -0.717. The Morgan fingerprint density at radius 3 is 2.24 bits per heavy atom. The molecule has 2 fully saturated rings. The van der Waals surface area contributed by atoms with Crippen LogP contribution in [0.25, 0.3) is 0 Å². The van der Waals surface area contributed by atoms with Crippen LogP contribution in [0.1, 0.15) is 51.4 Å². The van der Waals surface area contributed by atoms with E-state index in [2.05, 4.69) is 25.1 Å². The van der Waals surface area contributed by atoms with Crippen LogP contribution in [0, 0.1) is 22.7 Å². The van der Waals surface area contributed by atoms with Gasteiger partial charge in [-0.2, -0.15) is 5.26 Å². The maximum Gasteiger partial charge on any atom is 0.243 e. The van der Waals surface area contributed by atoms with Gasteiger partial charge in [0.2, 0.25) is 5.91 Å². The van der Waals surface area contributed by atoms with Gasteiger partial charge < -0.3 is 9.80 Å². The van der Waals surface area contributed by atoms with Crippen molar-refractivity contribution in [3.8, 4) is 6.07 Å². The average molecular weight is 291 g/mol. The van der Waals surface area contributed by atoms with Gasteiger partial charge in [0.15, 0.2) is 0 Å². The summed E-state index contributed by atoms with van der Waals surface area (Å²) in [4.78, 5) is 17.1. The predicted octanol–water partition coefficient (Wildman–Crippen LogP) is 2.65. The van der Waals surface area contributed by atoms with Crippen molar-refractivity contribution in [3.63, 3.8) is 0 Å². The molecule has 118 valence electrons. The highest BCUT2D eigenvalue weighted by Crippen LogP contribution is 2.37.